The van der Waals surface area contributed by atoms with Crippen LogP contribution in [0.5, 0.6) is 0 Å². The normalized spacial score (nSPS) is 10.7. The Morgan fingerprint density at radius 3 is 2.75 bits per heavy atom. The van der Waals surface area contributed by atoms with Gasteiger partial charge in [-0.2, -0.15) is 0 Å². The number of nitrogen functional groups attached to an aromatic ring is 1. The third-order valence-corrected chi connectivity index (χ3v) is 2.58. The molecule has 2 N–H and O–H groups in total. The molecule has 2 aromatic rings. The standard InChI is InChI=1S/C11H10ClFN2O/c1-2-6-3-7(11(13)8(12)4-6)9-5-10(14)16-15-9/h3-5H,2,14H2,1H3. The summed E-state index contributed by atoms with van der Waals surface area (Å²) in [4.78, 5) is 0. The van der Waals surface area contributed by atoms with E-state index in [2.05, 4.69) is 5.16 Å². The zero-order chi connectivity index (χ0) is 11.7. The predicted molar refractivity (Wildman–Crippen MR) is 60.7 cm³/mol. The summed E-state index contributed by atoms with van der Waals surface area (Å²) in [6.45, 7) is 1.96. The van der Waals surface area contributed by atoms with Gasteiger partial charge in [0.15, 0.2) is 5.82 Å². The average molecular weight is 241 g/mol. The van der Waals surface area contributed by atoms with Gasteiger partial charge in [0.25, 0.3) is 0 Å². The highest BCUT2D eigenvalue weighted by Gasteiger charge is 2.14. The minimum absolute atomic E-state index is 0.0796. The van der Waals surface area contributed by atoms with E-state index in [1.807, 2.05) is 6.92 Å². The first kappa shape index (κ1) is 11.0. The molecule has 0 aliphatic rings. The van der Waals surface area contributed by atoms with Crippen LogP contribution in [0.1, 0.15) is 12.5 Å². The fourth-order valence-electron chi connectivity index (χ4n) is 1.45. The largest absolute Gasteiger partial charge is 0.368 e. The number of anilines is 1. The second-order valence-electron chi connectivity index (χ2n) is 3.41. The van der Waals surface area contributed by atoms with Crippen molar-refractivity contribution in [2.24, 2.45) is 0 Å². The lowest BCUT2D eigenvalue weighted by Gasteiger charge is -2.04. The monoisotopic (exact) mass is 240 g/mol. The number of aryl methyl sites for hydroxylation is 1. The minimum Gasteiger partial charge on any atom is -0.368 e. The van der Waals surface area contributed by atoms with Gasteiger partial charge in [-0.25, -0.2) is 4.39 Å². The number of aromatic nitrogens is 1. The van der Waals surface area contributed by atoms with E-state index in [-0.39, 0.29) is 10.9 Å². The Morgan fingerprint density at radius 2 is 2.19 bits per heavy atom. The molecule has 0 unspecified atom stereocenters. The summed E-state index contributed by atoms with van der Waals surface area (Å²) >= 11 is 5.79. The van der Waals surface area contributed by atoms with E-state index in [9.17, 15) is 4.39 Å². The molecule has 5 heteroatoms. The fraction of sp³-hybridized carbons (Fsp3) is 0.182. The molecule has 1 heterocycles. The van der Waals surface area contributed by atoms with Gasteiger partial charge in [0.1, 0.15) is 5.69 Å². The Balaban J connectivity index is 2.59. The quantitative estimate of drug-likeness (QED) is 0.876. The predicted octanol–water partition coefficient (Wildman–Crippen LogP) is 3.28. The molecule has 0 spiro atoms. The minimum atomic E-state index is -0.507. The molecule has 0 aliphatic heterocycles. The average Bonchev–Trinajstić information content (AvgIpc) is 2.68. The third kappa shape index (κ3) is 1.88. The van der Waals surface area contributed by atoms with E-state index in [0.717, 1.165) is 12.0 Å². The maximum Gasteiger partial charge on any atom is 0.222 e. The maximum absolute atomic E-state index is 13.8. The Kier molecular flexibility index (Phi) is 2.83. The van der Waals surface area contributed by atoms with E-state index in [1.165, 1.54) is 6.07 Å². The molecule has 0 radical (unpaired) electrons. The molecule has 3 nitrogen and oxygen atoms in total. The van der Waals surface area contributed by atoms with Gasteiger partial charge in [0.05, 0.1) is 5.02 Å². The van der Waals surface area contributed by atoms with Gasteiger partial charge >= 0.3 is 0 Å². The van der Waals surface area contributed by atoms with Gasteiger partial charge in [-0.3, -0.25) is 0 Å². The zero-order valence-corrected chi connectivity index (χ0v) is 9.38. The van der Waals surface area contributed by atoms with Gasteiger partial charge in [-0.15, -0.1) is 0 Å². The fourth-order valence-corrected chi connectivity index (χ4v) is 1.69. The molecule has 0 bridgehead atoms. The summed E-state index contributed by atoms with van der Waals surface area (Å²) in [7, 11) is 0. The Bertz CT molecular complexity index is 525. The first-order valence-electron chi connectivity index (χ1n) is 4.82. The van der Waals surface area contributed by atoms with E-state index in [4.69, 9.17) is 21.9 Å². The molecule has 2 rings (SSSR count). The summed E-state index contributed by atoms with van der Waals surface area (Å²) in [5.74, 6) is -0.361. The lowest BCUT2D eigenvalue weighted by molar-refractivity contribution is 0.438. The highest BCUT2D eigenvalue weighted by molar-refractivity contribution is 6.31. The van der Waals surface area contributed by atoms with Crippen LogP contribution in [0.15, 0.2) is 22.7 Å². The van der Waals surface area contributed by atoms with E-state index < -0.39 is 5.82 Å². The second-order valence-corrected chi connectivity index (χ2v) is 3.81. The highest BCUT2D eigenvalue weighted by Crippen LogP contribution is 2.29. The van der Waals surface area contributed by atoms with Crippen molar-refractivity contribution in [2.45, 2.75) is 13.3 Å². The van der Waals surface area contributed by atoms with Crippen molar-refractivity contribution in [1.82, 2.24) is 5.16 Å². The van der Waals surface area contributed by atoms with E-state index >= 15 is 0 Å². The molecular weight excluding hydrogens is 231 g/mol. The summed E-state index contributed by atoms with van der Waals surface area (Å²) < 4.78 is 18.5. The molecular formula is C11H10ClFN2O. The Labute approximate surface area is 97.0 Å². The number of nitrogens with two attached hydrogens (primary N) is 1. The van der Waals surface area contributed by atoms with Crippen molar-refractivity contribution in [2.75, 3.05) is 5.73 Å². The Hall–Kier alpha value is -1.55. The van der Waals surface area contributed by atoms with Crippen molar-refractivity contribution < 1.29 is 8.91 Å². The topological polar surface area (TPSA) is 52.0 Å². The van der Waals surface area contributed by atoms with Gasteiger partial charge in [0, 0.05) is 11.6 Å². The van der Waals surface area contributed by atoms with Gasteiger partial charge in [-0.05, 0) is 24.1 Å². The van der Waals surface area contributed by atoms with Crippen LogP contribution in [0.4, 0.5) is 10.3 Å². The molecule has 0 fully saturated rings. The van der Waals surface area contributed by atoms with Crippen LogP contribution in [-0.4, -0.2) is 5.16 Å². The molecule has 16 heavy (non-hydrogen) atoms. The number of rotatable bonds is 2. The summed E-state index contributed by atoms with van der Waals surface area (Å²) in [5.41, 5.74) is 6.99. The van der Waals surface area contributed by atoms with Crippen LogP contribution in [0.3, 0.4) is 0 Å². The van der Waals surface area contributed by atoms with E-state index in [1.54, 1.807) is 12.1 Å². The first-order valence-corrected chi connectivity index (χ1v) is 5.20. The first-order chi connectivity index (χ1) is 7.61. The molecule has 0 aliphatic carbocycles. The molecule has 0 saturated heterocycles. The van der Waals surface area contributed by atoms with Crippen LogP contribution in [-0.2, 0) is 6.42 Å². The van der Waals surface area contributed by atoms with Crippen molar-refractivity contribution in [1.29, 1.82) is 0 Å². The second kappa shape index (κ2) is 4.14. The van der Waals surface area contributed by atoms with Crippen molar-refractivity contribution in [3.63, 3.8) is 0 Å². The van der Waals surface area contributed by atoms with Crippen LogP contribution in [0.25, 0.3) is 11.3 Å². The number of halogens is 2. The summed E-state index contributed by atoms with van der Waals surface area (Å²) in [6, 6.07) is 4.76. The number of benzene rings is 1. The lowest BCUT2D eigenvalue weighted by atomic mass is 10.1. The molecule has 1 aromatic heterocycles. The molecule has 1 aromatic carbocycles. The number of hydrogen-bond acceptors (Lipinski definition) is 3. The zero-order valence-electron chi connectivity index (χ0n) is 8.63. The smallest absolute Gasteiger partial charge is 0.222 e. The van der Waals surface area contributed by atoms with Crippen LogP contribution in [0.2, 0.25) is 5.02 Å². The van der Waals surface area contributed by atoms with Gasteiger partial charge in [-0.1, -0.05) is 23.7 Å². The molecule has 84 valence electrons. The molecule has 0 atom stereocenters. The van der Waals surface area contributed by atoms with E-state index in [0.29, 0.717) is 11.3 Å². The van der Waals surface area contributed by atoms with Crippen molar-refractivity contribution in [3.8, 4) is 11.3 Å². The van der Waals surface area contributed by atoms with Gasteiger partial charge < -0.3 is 10.3 Å². The third-order valence-electron chi connectivity index (χ3n) is 2.30. The van der Waals surface area contributed by atoms with Crippen molar-refractivity contribution in [3.05, 3.63) is 34.6 Å². The maximum atomic E-state index is 13.8. The number of hydrogen-bond donors (Lipinski definition) is 1. The van der Waals surface area contributed by atoms with Crippen LogP contribution in [0, 0.1) is 5.82 Å². The Morgan fingerprint density at radius 1 is 1.44 bits per heavy atom. The summed E-state index contributed by atoms with van der Waals surface area (Å²) in [5, 5.41) is 3.74. The lowest BCUT2D eigenvalue weighted by Crippen LogP contribution is -1.90. The SMILES string of the molecule is CCc1cc(Cl)c(F)c(-c2cc(N)on2)c1. The number of nitrogens with zero attached hydrogens (tertiary/aromatic N) is 1. The summed E-state index contributed by atoms with van der Waals surface area (Å²) in [6.07, 6.45) is 0.764. The van der Waals surface area contributed by atoms with Crippen LogP contribution < -0.4 is 5.73 Å². The molecule has 0 saturated carbocycles. The van der Waals surface area contributed by atoms with Crippen molar-refractivity contribution >= 4 is 17.5 Å². The van der Waals surface area contributed by atoms with Gasteiger partial charge in [0.2, 0.25) is 5.88 Å². The molecule has 0 amide bonds. The van der Waals surface area contributed by atoms with Crippen LogP contribution >= 0.6 is 11.6 Å². The highest BCUT2D eigenvalue weighted by atomic mass is 35.5.